The van der Waals surface area contributed by atoms with Crippen molar-refractivity contribution in [2.24, 2.45) is 0 Å². The van der Waals surface area contributed by atoms with Gasteiger partial charge in [-0.2, -0.15) is 0 Å². The summed E-state index contributed by atoms with van der Waals surface area (Å²) < 4.78 is 0. The molecule has 7 heteroatoms. The molecule has 0 aromatic heterocycles. The number of nitrogens with zero attached hydrogens (tertiary/aromatic N) is 2. The van der Waals surface area contributed by atoms with Crippen molar-refractivity contribution >= 4 is 35.0 Å². The molecule has 1 aliphatic rings. The monoisotopic (exact) mass is 581 g/mol. The number of hydrogen-bond donors (Lipinski definition) is 1. The average Bonchev–Trinajstić information content (AvgIpc) is 2.96. The number of piperidine rings is 1. The zero-order valence-electron chi connectivity index (χ0n) is 24.0. The second-order valence-electron chi connectivity index (χ2n) is 10.6. The molecule has 1 saturated heterocycles. The lowest BCUT2D eigenvalue weighted by Gasteiger charge is -2.43. The summed E-state index contributed by atoms with van der Waals surface area (Å²) in [5.41, 5.74) is 2.95. The molecule has 1 fully saturated rings. The third kappa shape index (κ3) is 8.82. The largest absolute Gasteiger partial charge is 0.347 e. The minimum absolute atomic E-state index is 0.0352. The Morgan fingerprint density at radius 3 is 2.05 bits per heavy atom. The van der Waals surface area contributed by atoms with Crippen LogP contribution in [0.5, 0.6) is 0 Å². The summed E-state index contributed by atoms with van der Waals surface area (Å²) in [7, 11) is 3.49. The Morgan fingerprint density at radius 1 is 0.925 bits per heavy atom. The molecule has 0 saturated carbocycles. The van der Waals surface area contributed by atoms with Gasteiger partial charge >= 0.3 is 0 Å². The molecule has 40 heavy (non-hydrogen) atoms. The number of rotatable bonds is 8. The molecule has 0 bridgehead atoms. The fourth-order valence-corrected chi connectivity index (χ4v) is 5.60. The second-order valence-corrected chi connectivity index (χ2v) is 11.4. The van der Waals surface area contributed by atoms with Crippen LogP contribution in [0.2, 0.25) is 10.0 Å². The summed E-state index contributed by atoms with van der Waals surface area (Å²) in [6, 6.07) is 25.6. The number of nitrogens with one attached hydrogen (secondary N) is 1. The van der Waals surface area contributed by atoms with Crippen LogP contribution in [0, 0.1) is 0 Å². The van der Waals surface area contributed by atoms with Crippen LogP contribution in [-0.4, -0.2) is 55.3 Å². The molecule has 1 heterocycles. The van der Waals surface area contributed by atoms with Gasteiger partial charge in [-0.05, 0) is 73.5 Å². The topological polar surface area (TPSA) is 52.7 Å². The van der Waals surface area contributed by atoms with Gasteiger partial charge in [0.25, 0.3) is 5.91 Å². The third-order valence-electron chi connectivity index (χ3n) is 7.58. The molecule has 0 spiro atoms. The van der Waals surface area contributed by atoms with Crippen LogP contribution in [0.3, 0.4) is 0 Å². The maximum Gasteiger partial charge on any atom is 0.253 e. The van der Waals surface area contributed by atoms with Crippen molar-refractivity contribution in [1.82, 2.24) is 15.1 Å². The van der Waals surface area contributed by atoms with Crippen LogP contribution in [0.4, 0.5) is 0 Å². The minimum Gasteiger partial charge on any atom is -0.347 e. The van der Waals surface area contributed by atoms with E-state index in [1.807, 2.05) is 60.7 Å². The first-order chi connectivity index (χ1) is 19.1. The van der Waals surface area contributed by atoms with Crippen LogP contribution in [-0.2, 0) is 10.3 Å². The summed E-state index contributed by atoms with van der Waals surface area (Å²) in [6.45, 7) is 6.84. The number of hydrogen-bond acceptors (Lipinski definition) is 3. The summed E-state index contributed by atoms with van der Waals surface area (Å²) in [4.78, 5) is 27.2. The highest BCUT2D eigenvalue weighted by atomic mass is 35.5. The molecule has 1 aliphatic heterocycles. The van der Waals surface area contributed by atoms with Crippen molar-refractivity contribution in [3.63, 3.8) is 0 Å². The maximum atomic E-state index is 11.9. The van der Waals surface area contributed by atoms with Gasteiger partial charge in [0.15, 0.2) is 0 Å². The summed E-state index contributed by atoms with van der Waals surface area (Å²) in [5, 5.41) is 4.49. The zero-order valence-corrected chi connectivity index (χ0v) is 25.5. The lowest BCUT2D eigenvalue weighted by atomic mass is 9.80. The van der Waals surface area contributed by atoms with Crippen LogP contribution in [0.1, 0.15) is 66.9 Å². The van der Waals surface area contributed by atoms with Gasteiger partial charge in [0, 0.05) is 39.7 Å². The van der Waals surface area contributed by atoms with Crippen molar-refractivity contribution in [3.05, 3.63) is 106 Å². The quantitative estimate of drug-likeness (QED) is 0.301. The Hall–Kier alpha value is -2.86. The van der Waals surface area contributed by atoms with Gasteiger partial charge < -0.3 is 15.1 Å². The molecule has 3 aromatic carbocycles. The van der Waals surface area contributed by atoms with Crippen molar-refractivity contribution in [3.8, 4) is 0 Å². The summed E-state index contributed by atoms with van der Waals surface area (Å²) in [5.74, 6) is 0.555. The first kappa shape index (κ1) is 31.7. The first-order valence-corrected chi connectivity index (χ1v) is 14.7. The lowest BCUT2D eigenvalue weighted by molar-refractivity contribution is -0.121. The Labute approximate surface area is 249 Å². The minimum atomic E-state index is -0.253. The summed E-state index contributed by atoms with van der Waals surface area (Å²) in [6.07, 6.45) is 4.03. The van der Waals surface area contributed by atoms with E-state index < -0.39 is 0 Å². The number of carbonyl (C=O) groups is 2. The van der Waals surface area contributed by atoms with E-state index in [1.165, 1.54) is 11.1 Å². The predicted molar refractivity (Wildman–Crippen MR) is 166 cm³/mol. The van der Waals surface area contributed by atoms with E-state index in [-0.39, 0.29) is 17.4 Å². The van der Waals surface area contributed by atoms with E-state index >= 15 is 0 Å². The number of halogens is 2. The lowest BCUT2D eigenvalue weighted by Crippen LogP contribution is -2.52. The molecule has 2 amide bonds. The normalized spacial score (nSPS) is 15.3. The first-order valence-electron chi connectivity index (χ1n) is 13.9. The van der Waals surface area contributed by atoms with E-state index in [0.717, 1.165) is 50.9 Å². The average molecular weight is 583 g/mol. The molecule has 4 rings (SSSR count). The molecule has 1 unspecified atom stereocenters. The molecule has 214 valence electrons. The van der Waals surface area contributed by atoms with E-state index in [4.69, 9.17) is 23.2 Å². The number of carbonyl (C=O) groups excluding carboxylic acids is 2. The van der Waals surface area contributed by atoms with Crippen molar-refractivity contribution in [1.29, 1.82) is 0 Å². The van der Waals surface area contributed by atoms with Crippen molar-refractivity contribution in [2.75, 3.05) is 33.7 Å². The number of amides is 2. The highest BCUT2D eigenvalue weighted by Gasteiger charge is 2.36. The molecular formula is C33H41Cl2N3O2. The summed E-state index contributed by atoms with van der Waals surface area (Å²) >= 11 is 12.3. The Kier molecular flexibility index (Phi) is 12.1. The van der Waals surface area contributed by atoms with Gasteiger partial charge in [0.2, 0.25) is 5.91 Å². The van der Waals surface area contributed by atoms with Gasteiger partial charge in [-0.3, -0.25) is 9.59 Å². The van der Waals surface area contributed by atoms with Gasteiger partial charge in [-0.15, -0.1) is 0 Å². The molecule has 1 N–H and O–H groups in total. The molecule has 0 aliphatic carbocycles. The molecule has 3 aromatic rings. The molecule has 1 atom stereocenters. The van der Waals surface area contributed by atoms with Crippen LogP contribution < -0.4 is 5.32 Å². The smallest absolute Gasteiger partial charge is 0.253 e. The van der Waals surface area contributed by atoms with Crippen molar-refractivity contribution in [2.45, 2.75) is 51.0 Å². The van der Waals surface area contributed by atoms with Crippen LogP contribution in [0.25, 0.3) is 0 Å². The second kappa shape index (κ2) is 15.2. The van der Waals surface area contributed by atoms with Crippen molar-refractivity contribution < 1.29 is 9.59 Å². The van der Waals surface area contributed by atoms with Gasteiger partial charge in [-0.25, -0.2) is 0 Å². The molecular weight excluding hydrogens is 541 g/mol. The van der Waals surface area contributed by atoms with Crippen LogP contribution in [0.15, 0.2) is 78.9 Å². The number of likely N-dealkylation sites (tertiary alicyclic amines) is 1. The van der Waals surface area contributed by atoms with Gasteiger partial charge in [0.05, 0.1) is 15.6 Å². The molecule has 0 radical (unpaired) electrons. The van der Waals surface area contributed by atoms with E-state index in [0.29, 0.717) is 16.0 Å². The van der Waals surface area contributed by atoms with E-state index in [2.05, 4.69) is 35.3 Å². The van der Waals surface area contributed by atoms with Gasteiger partial charge in [0.1, 0.15) is 0 Å². The fraction of sp³-hybridized carbons (Fsp3) is 0.394. The SMILES string of the molecule is CCC(CCN1CCC(NC(C)=O)(c2ccccc2)CC1)c1ccc(Cl)c(Cl)c1.CN(C)C(=O)c1ccccc1. The highest BCUT2D eigenvalue weighted by Crippen LogP contribution is 2.34. The fourth-order valence-electron chi connectivity index (χ4n) is 5.29. The highest BCUT2D eigenvalue weighted by molar-refractivity contribution is 6.42. The molecule has 5 nitrogen and oxygen atoms in total. The van der Waals surface area contributed by atoms with Crippen LogP contribution >= 0.6 is 23.2 Å². The standard InChI is InChI=1S/C24H30Cl2N2O.C9H11NO/c1-3-19(20-9-10-22(25)23(26)17-20)11-14-28-15-12-24(13-16-28,27-18(2)29)21-7-5-4-6-8-21;1-10(2)9(11)8-6-4-3-5-7-8/h4-10,17,19H,3,11-16H2,1-2H3,(H,27,29);3-7H,1-2H3. The van der Waals surface area contributed by atoms with E-state index in [9.17, 15) is 9.59 Å². The number of benzene rings is 3. The van der Waals surface area contributed by atoms with E-state index in [1.54, 1.807) is 25.9 Å². The Balaban J connectivity index is 0.000000336. The maximum absolute atomic E-state index is 11.9. The third-order valence-corrected chi connectivity index (χ3v) is 8.32. The van der Waals surface area contributed by atoms with Gasteiger partial charge in [-0.1, -0.05) is 84.7 Å². The predicted octanol–water partition coefficient (Wildman–Crippen LogP) is 7.39. The Bertz CT molecular complexity index is 1230. The zero-order chi connectivity index (χ0) is 29.1. The Morgan fingerprint density at radius 2 is 1.52 bits per heavy atom.